The number of nitriles is 1. The number of rotatable bonds is 5. The van der Waals surface area contributed by atoms with Crippen molar-refractivity contribution in [1.82, 2.24) is 0 Å². The van der Waals surface area contributed by atoms with E-state index in [0.29, 0.717) is 11.4 Å². The Morgan fingerprint density at radius 1 is 1.24 bits per heavy atom. The van der Waals surface area contributed by atoms with Crippen molar-refractivity contribution in [1.29, 1.82) is 5.26 Å². The van der Waals surface area contributed by atoms with Gasteiger partial charge in [0.2, 0.25) is 0 Å². The number of hydrogen-bond acceptors (Lipinski definition) is 3. The number of hydrogen-bond donors (Lipinski definition) is 1. The van der Waals surface area contributed by atoms with Crippen LogP contribution < -0.4 is 10.1 Å². The SMILES string of the molecule is Cc1ccc(F)c(NC(C)c2ccc(OCC#N)cc2)c1. The van der Waals surface area contributed by atoms with Gasteiger partial charge in [0.1, 0.15) is 17.6 Å². The Morgan fingerprint density at radius 3 is 2.62 bits per heavy atom. The van der Waals surface area contributed by atoms with Gasteiger partial charge in [-0.1, -0.05) is 18.2 Å². The molecule has 0 heterocycles. The maximum atomic E-state index is 13.7. The molecule has 3 nitrogen and oxygen atoms in total. The second kappa shape index (κ2) is 6.76. The van der Waals surface area contributed by atoms with Crippen molar-refractivity contribution in [2.75, 3.05) is 11.9 Å². The topological polar surface area (TPSA) is 45.0 Å². The average molecular weight is 284 g/mol. The predicted octanol–water partition coefficient (Wildman–Crippen LogP) is 4.21. The molecule has 2 rings (SSSR count). The van der Waals surface area contributed by atoms with Crippen LogP contribution in [0, 0.1) is 24.1 Å². The largest absolute Gasteiger partial charge is 0.479 e. The molecular weight excluding hydrogens is 267 g/mol. The van der Waals surface area contributed by atoms with Crippen LogP contribution >= 0.6 is 0 Å². The summed E-state index contributed by atoms with van der Waals surface area (Å²) in [6, 6.07) is 14.3. The van der Waals surface area contributed by atoms with E-state index in [1.165, 1.54) is 6.07 Å². The molecule has 0 radical (unpaired) electrons. The highest BCUT2D eigenvalue weighted by molar-refractivity contribution is 5.49. The molecule has 0 spiro atoms. The zero-order valence-electron chi connectivity index (χ0n) is 12.1. The Bertz CT molecular complexity index is 647. The lowest BCUT2D eigenvalue weighted by Crippen LogP contribution is -2.08. The van der Waals surface area contributed by atoms with E-state index >= 15 is 0 Å². The van der Waals surface area contributed by atoms with E-state index in [4.69, 9.17) is 10.00 Å². The fourth-order valence-corrected chi connectivity index (χ4v) is 2.03. The summed E-state index contributed by atoms with van der Waals surface area (Å²) in [7, 11) is 0. The number of ether oxygens (including phenoxy) is 1. The number of nitrogens with one attached hydrogen (secondary N) is 1. The van der Waals surface area contributed by atoms with Crippen LogP contribution in [0.5, 0.6) is 5.75 Å². The molecule has 0 aliphatic carbocycles. The summed E-state index contributed by atoms with van der Waals surface area (Å²) in [6.07, 6.45) is 0. The molecule has 0 saturated carbocycles. The minimum absolute atomic E-state index is 0.0294. The van der Waals surface area contributed by atoms with Crippen LogP contribution in [-0.4, -0.2) is 6.61 Å². The molecule has 108 valence electrons. The lowest BCUT2D eigenvalue weighted by Gasteiger charge is -2.17. The van der Waals surface area contributed by atoms with Gasteiger partial charge in [0.25, 0.3) is 0 Å². The van der Waals surface area contributed by atoms with E-state index in [1.54, 1.807) is 24.3 Å². The Labute approximate surface area is 124 Å². The summed E-state index contributed by atoms with van der Waals surface area (Å²) in [6.45, 7) is 3.92. The van der Waals surface area contributed by atoms with E-state index in [0.717, 1.165) is 11.1 Å². The van der Waals surface area contributed by atoms with E-state index in [-0.39, 0.29) is 18.5 Å². The first kappa shape index (κ1) is 14.9. The molecule has 0 fully saturated rings. The highest BCUT2D eigenvalue weighted by Crippen LogP contribution is 2.24. The third-order valence-electron chi connectivity index (χ3n) is 3.18. The molecule has 0 amide bonds. The Hall–Kier alpha value is -2.54. The van der Waals surface area contributed by atoms with Crippen LogP contribution in [0.3, 0.4) is 0 Å². The van der Waals surface area contributed by atoms with Crippen LogP contribution in [0.2, 0.25) is 0 Å². The molecule has 1 unspecified atom stereocenters. The predicted molar refractivity (Wildman–Crippen MR) is 80.7 cm³/mol. The normalized spacial score (nSPS) is 11.5. The van der Waals surface area contributed by atoms with Crippen molar-refractivity contribution >= 4 is 5.69 Å². The smallest absolute Gasteiger partial charge is 0.174 e. The van der Waals surface area contributed by atoms with Crippen molar-refractivity contribution < 1.29 is 9.13 Å². The van der Waals surface area contributed by atoms with E-state index in [1.807, 2.05) is 32.0 Å². The highest BCUT2D eigenvalue weighted by atomic mass is 19.1. The van der Waals surface area contributed by atoms with Gasteiger partial charge in [-0.2, -0.15) is 5.26 Å². The van der Waals surface area contributed by atoms with Crippen molar-refractivity contribution in [2.24, 2.45) is 0 Å². The lowest BCUT2D eigenvalue weighted by atomic mass is 10.1. The number of benzene rings is 2. The Morgan fingerprint density at radius 2 is 1.95 bits per heavy atom. The highest BCUT2D eigenvalue weighted by Gasteiger charge is 2.09. The lowest BCUT2D eigenvalue weighted by molar-refractivity contribution is 0.368. The van der Waals surface area contributed by atoms with Crippen LogP contribution in [0.25, 0.3) is 0 Å². The van der Waals surface area contributed by atoms with Gasteiger partial charge in [-0.25, -0.2) is 4.39 Å². The van der Waals surface area contributed by atoms with Gasteiger partial charge < -0.3 is 10.1 Å². The third kappa shape index (κ3) is 3.96. The standard InChI is InChI=1S/C17H17FN2O/c1-12-3-8-16(18)17(11-12)20-13(2)14-4-6-15(7-5-14)21-10-9-19/h3-8,11,13,20H,10H2,1-2H3. The summed E-state index contributed by atoms with van der Waals surface area (Å²) in [5, 5.41) is 11.6. The van der Waals surface area contributed by atoms with Gasteiger partial charge in [-0.15, -0.1) is 0 Å². The molecule has 0 bridgehead atoms. The minimum atomic E-state index is -0.263. The molecule has 0 aliphatic heterocycles. The molecule has 1 atom stereocenters. The third-order valence-corrected chi connectivity index (χ3v) is 3.18. The first-order valence-electron chi connectivity index (χ1n) is 6.72. The fourth-order valence-electron chi connectivity index (χ4n) is 2.03. The van der Waals surface area contributed by atoms with Crippen molar-refractivity contribution in [2.45, 2.75) is 19.9 Å². The van der Waals surface area contributed by atoms with Crippen LogP contribution in [0.1, 0.15) is 24.1 Å². The number of anilines is 1. The van der Waals surface area contributed by atoms with Crippen molar-refractivity contribution in [3.05, 3.63) is 59.4 Å². The Kier molecular flexibility index (Phi) is 4.78. The first-order valence-corrected chi connectivity index (χ1v) is 6.72. The van der Waals surface area contributed by atoms with E-state index in [2.05, 4.69) is 5.32 Å². The van der Waals surface area contributed by atoms with Crippen molar-refractivity contribution in [3.8, 4) is 11.8 Å². The molecule has 2 aromatic rings. The van der Waals surface area contributed by atoms with E-state index < -0.39 is 0 Å². The van der Waals surface area contributed by atoms with Gasteiger partial charge in [0, 0.05) is 6.04 Å². The monoisotopic (exact) mass is 284 g/mol. The van der Waals surface area contributed by atoms with Crippen LogP contribution in [-0.2, 0) is 0 Å². The summed E-state index contributed by atoms with van der Waals surface area (Å²) in [5.41, 5.74) is 2.51. The van der Waals surface area contributed by atoms with Crippen LogP contribution in [0.4, 0.5) is 10.1 Å². The molecule has 0 aliphatic rings. The van der Waals surface area contributed by atoms with Crippen molar-refractivity contribution in [3.63, 3.8) is 0 Å². The van der Waals surface area contributed by atoms with Crippen LogP contribution in [0.15, 0.2) is 42.5 Å². The summed E-state index contributed by atoms with van der Waals surface area (Å²) in [4.78, 5) is 0. The maximum absolute atomic E-state index is 13.7. The molecule has 21 heavy (non-hydrogen) atoms. The van der Waals surface area contributed by atoms with Gasteiger partial charge >= 0.3 is 0 Å². The fraction of sp³-hybridized carbons (Fsp3) is 0.235. The maximum Gasteiger partial charge on any atom is 0.174 e. The molecule has 2 aromatic carbocycles. The number of halogens is 1. The minimum Gasteiger partial charge on any atom is -0.479 e. The molecule has 0 aromatic heterocycles. The summed E-state index contributed by atoms with van der Waals surface area (Å²) >= 11 is 0. The quantitative estimate of drug-likeness (QED) is 0.894. The van der Waals surface area contributed by atoms with Gasteiger partial charge in [-0.05, 0) is 49.2 Å². The molecular formula is C17H17FN2O. The molecule has 4 heteroatoms. The van der Waals surface area contributed by atoms with Gasteiger partial charge in [0.15, 0.2) is 6.61 Å². The molecule has 0 saturated heterocycles. The second-order valence-corrected chi connectivity index (χ2v) is 4.87. The van der Waals surface area contributed by atoms with E-state index in [9.17, 15) is 4.39 Å². The first-order chi connectivity index (χ1) is 10.1. The zero-order valence-corrected chi connectivity index (χ0v) is 12.1. The summed E-state index contributed by atoms with van der Waals surface area (Å²) < 4.78 is 18.9. The van der Waals surface area contributed by atoms with Gasteiger partial charge in [0.05, 0.1) is 5.69 Å². The summed E-state index contributed by atoms with van der Waals surface area (Å²) in [5.74, 6) is 0.385. The second-order valence-electron chi connectivity index (χ2n) is 4.87. The zero-order chi connectivity index (χ0) is 15.2. The van der Waals surface area contributed by atoms with Gasteiger partial charge in [-0.3, -0.25) is 0 Å². The Balaban J connectivity index is 2.08. The number of nitrogens with zero attached hydrogens (tertiary/aromatic N) is 1. The average Bonchev–Trinajstić information content (AvgIpc) is 2.49. The molecule has 1 N–H and O–H groups in total. The number of aryl methyl sites for hydroxylation is 1.